The van der Waals surface area contributed by atoms with E-state index in [4.69, 9.17) is 14.4 Å². The summed E-state index contributed by atoms with van der Waals surface area (Å²) in [6.45, 7) is 6.05. The lowest BCUT2D eigenvalue weighted by molar-refractivity contribution is 0.0714. The van der Waals surface area contributed by atoms with Gasteiger partial charge in [-0.3, -0.25) is 9.69 Å². The van der Waals surface area contributed by atoms with Gasteiger partial charge in [-0.25, -0.2) is 9.97 Å². The number of nitrogens with zero attached hydrogens (tertiary/aromatic N) is 5. The number of furan rings is 1. The predicted molar refractivity (Wildman–Crippen MR) is 130 cm³/mol. The smallest absolute Gasteiger partial charge is 0.289 e. The number of piperazine rings is 1. The second-order valence-corrected chi connectivity index (χ2v) is 10.5. The van der Waals surface area contributed by atoms with Gasteiger partial charge in [0.05, 0.1) is 18.2 Å². The molecule has 7 nitrogen and oxygen atoms in total. The van der Waals surface area contributed by atoms with Crippen molar-refractivity contribution in [2.45, 2.75) is 51.5 Å². The van der Waals surface area contributed by atoms with Crippen molar-refractivity contribution < 1.29 is 9.21 Å². The first-order valence-electron chi connectivity index (χ1n) is 12.4. The Morgan fingerprint density at radius 2 is 1.79 bits per heavy atom. The third-order valence-electron chi connectivity index (χ3n) is 7.25. The summed E-state index contributed by atoms with van der Waals surface area (Å²) in [5.74, 6) is 2.44. The van der Waals surface area contributed by atoms with E-state index in [0.717, 1.165) is 55.6 Å². The fraction of sp³-hybridized carbons (Fsp3) is 0.560. The quantitative estimate of drug-likeness (QED) is 0.578. The fourth-order valence-electron chi connectivity index (χ4n) is 5.48. The van der Waals surface area contributed by atoms with Crippen LogP contribution < -0.4 is 4.90 Å². The highest BCUT2D eigenvalue weighted by molar-refractivity contribution is 7.19. The summed E-state index contributed by atoms with van der Waals surface area (Å²) in [7, 11) is 0. The lowest BCUT2D eigenvalue weighted by Crippen LogP contribution is -2.49. The van der Waals surface area contributed by atoms with Gasteiger partial charge >= 0.3 is 0 Å². The van der Waals surface area contributed by atoms with Crippen molar-refractivity contribution in [1.29, 1.82) is 0 Å². The molecule has 3 aromatic heterocycles. The topological polar surface area (TPSA) is 65.7 Å². The molecule has 0 atom stereocenters. The zero-order valence-electron chi connectivity index (χ0n) is 19.1. The highest BCUT2D eigenvalue weighted by atomic mass is 32.1. The molecular formula is C25H31N5O2S. The number of hydrogen-bond acceptors (Lipinski definition) is 7. The van der Waals surface area contributed by atoms with Gasteiger partial charge in [0.1, 0.15) is 16.5 Å². The van der Waals surface area contributed by atoms with E-state index in [1.165, 1.54) is 54.4 Å². The van der Waals surface area contributed by atoms with Gasteiger partial charge in [0.15, 0.2) is 5.76 Å². The molecule has 0 N–H and O–H groups in total. The Kier molecular flexibility index (Phi) is 5.80. The fourth-order valence-corrected chi connectivity index (χ4v) is 6.75. The molecule has 0 unspecified atom stereocenters. The Morgan fingerprint density at radius 3 is 2.58 bits per heavy atom. The zero-order valence-corrected chi connectivity index (χ0v) is 19.9. The molecule has 1 aliphatic carbocycles. The first-order chi connectivity index (χ1) is 16.3. The number of carbonyl (C=O) groups excluding carboxylic acids is 1. The van der Waals surface area contributed by atoms with Crippen molar-refractivity contribution in [3.8, 4) is 0 Å². The van der Waals surface area contributed by atoms with E-state index in [0.29, 0.717) is 18.8 Å². The number of piperidine rings is 1. The summed E-state index contributed by atoms with van der Waals surface area (Å²) in [6.07, 6.45) is 10.3. The predicted octanol–water partition coefficient (Wildman–Crippen LogP) is 4.11. The largest absolute Gasteiger partial charge is 0.459 e. The minimum absolute atomic E-state index is 0.0221. The lowest BCUT2D eigenvalue weighted by atomic mass is 9.97. The van der Waals surface area contributed by atoms with Crippen LogP contribution in [0.2, 0.25) is 0 Å². The summed E-state index contributed by atoms with van der Waals surface area (Å²) in [6, 6.07) is 3.51. The number of anilines is 1. The maximum atomic E-state index is 12.7. The Bertz CT molecular complexity index is 1130. The van der Waals surface area contributed by atoms with Crippen molar-refractivity contribution in [2.24, 2.45) is 0 Å². The number of aryl methyl sites for hydroxylation is 2. The Morgan fingerprint density at radius 1 is 0.970 bits per heavy atom. The van der Waals surface area contributed by atoms with E-state index in [-0.39, 0.29) is 5.91 Å². The molecule has 3 aromatic rings. The summed E-state index contributed by atoms with van der Waals surface area (Å²) in [4.78, 5) is 32.4. The minimum Gasteiger partial charge on any atom is -0.459 e. The number of thiophene rings is 1. The molecule has 2 fully saturated rings. The van der Waals surface area contributed by atoms with Crippen LogP contribution in [0.5, 0.6) is 0 Å². The molecular weight excluding hydrogens is 434 g/mol. The van der Waals surface area contributed by atoms with E-state index in [9.17, 15) is 4.79 Å². The van der Waals surface area contributed by atoms with Crippen LogP contribution in [0, 0.1) is 0 Å². The van der Waals surface area contributed by atoms with Gasteiger partial charge in [0.25, 0.3) is 5.91 Å². The van der Waals surface area contributed by atoms with Crippen LogP contribution in [0.1, 0.15) is 58.9 Å². The molecule has 174 valence electrons. The molecule has 3 aliphatic rings. The van der Waals surface area contributed by atoms with Crippen molar-refractivity contribution >= 4 is 33.3 Å². The van der Waals surface area contributed by atoms with Gasteiger partial charge in [-0.15, -0.1) is 11.3 Å². The van der Waals surface area contributed by atoms with Crippen LogP contribution in [-0.2, 0) is 19.4 Å². The first-order valence-corrected chi connectivity index (χ1v) is 13.2. The Labute approximate surface area is 198 Å². The maximum absolute atomic E-state index is 12.7. The normalized spacial score (nSPS) is 19.8. The SMILES string of the molecule is O=C(c1ccco1)N1CCN(c2nc(CN3CCCCC3)nc3sc4c(c23)CCCC4)CC1. The van der Waals surface area contributed by atoms with Gasteiger partial charge in [0.2, 0.25) is 0 Å². The average molecular weight is 466 g/mol. The van der Waals surface area contributed by atoms with Gasteiger partial charge in [-0.2, -0.15) is 0 Å². The van der Waals surface area contributed by atoms with E-state index < -0.39 is 0 Å². The summed E-state index contributed by atoms with van der Waals surface area (Å²) in [5, 5.41) is 1.28. The summed E-state index contributed by atoms with van der Waals surface area (Å²) < 4.78 is 5.33. The number of amides is 1. The number of carbonyl (C=O) groups is 1. The highest BCUT2D eigenvalue weighted by Crippen LogP contribution is 2.40. The monoisotopic (exact) mass is 465 g/mol. The van der Waals surface area contributed by atoms with Crippen molar-refractivity contribution in [1.82, 2.24) is 19.8 Å². The molecule has 5 heterocycles. The van der Waals surface area contributed by atoms with Crippen LogP contribution in [0.3, 0.4) is 0 Å². The van der Waals surface area contributed by atoms with Crippen molar-refractivity contribution in [3.63, 3.8) is 0 Å². The lowest BCUT2D eigenvalue weighted by Gasteiger charge is -2.35. The van der Waals surface area contributed by atoms with E-state index in [2.05, 4.69) is 9.80 Å². The molecule has 6 rings (SSSR count). The number of fused-ring (bicyclic) bond motifs is 3. The van der Waals surface area contributed by atoms with Crippen LogP contribution in [0.4, 0.5) is 5.82 Å². The van der Waals surface area contributed by atoms with Crippen molar-refractivity contribution in [3.05, 3.63) is 40.4 Å². The van der Waals surface area contributed by atoms with Crippen molar-refractivity contribution in [2.75, 3.05) is 44.2 Å². The standard InChI is InChI=1S/C25H31N5O2S/c31-25(19-8-6-16-32-19)30-14-12-29(13-15-30)23-22-18-7-2-3-9-20(18)33-24(22)27-21(26-23)17-28-10-4-1-5-11-28/h6,8,16H,1-5,7,9-15,17H2. The Balaban J connectivity index is 1.29. The van der Waals surface area contributed by atoms with Gasteiger partial charge in [0, 0.05) is 31.1 Å². The van der Waals surface area contributed by atoms with Crippen LogP contribution in [0.25, 0.3) is 10.2 Å². The van der Waals surface area contributed by atoms with Crippen LogP contribution >= 0.6 is 11.3 Å². The molecule has 0 saturated carbocycles. The second-order valence-electron chi connectivity index (χ2n) is 9.45. The van der Waals surface area contributed by atoms with Gasteiger partial charge in [-0.1, -0.05) is 6.42 Å². The molecule has 2 saturated heterocycles. The van der Waals surface area contributed by atoms with Crippen LogP contribution in [-0.4, -0.2) is 64.9 Å². The summed E-state index contributed by atoms with van der Waals surface area (Å²) >= 11 is 1.88. The average Bonchev–Trinajstić information content (AvgIpc) is 3.52. The van der Waals surface area contributed by atoms with Gasteiger partial charge < -0.3 is 14.2 Å². The number of hydrogen-bond donors (Lipinski definition) is 0. The third-order valence-corrected chi connectivity index (χ3v) is 8.44. The minimum atomic E-state index is -0.0221. The molecule has 2 aliphatic heterocycles. The molecule has 33 heavy (non-hydrogen) atoms. The van der Waals surface area contributed by atoms with E-state index in [1.54, 1.807) is 18.4 Å². The molecule has 1 amide bonds. The highest BCUT2D eigenvalue weighted by Gasteiger charge is 2.28. The van der Waals surface area contributed by atoms with E-state index >= 15 is 0 Å². The Hall–Kier alpha value is -2.45. The molecule has 0 spiro atoms. The van der Waals surface area contributed by atoms with Gasteiger partial charge in [-0.05, 0) is 69.3 Å². The second kappa shape index (κ2) is 9.06. The summed E-state index contributed by atoms with van der Waals surface area (Å²) in [5.41, 5.74) is 1.48. The maximum Gasteiger partial charge on any atom is 0.289 e. The third kappa shape index (κ3) is 4.15. The molecule has 0 aromatic carbocycles. The zero-order chi connectivity index (χ0) is 22.2. The first kappa shape index (κ1) is 21.1. The molecule has 0 bridgehead atoms. The van der Waals surface area contributed by atoms with Crippen LogP contribution in [0.15, 0.2) is 22.8 Å². The number of rotatable bonds is 4. The molecule has 0 radical (unpaired) electrons. The molecule has 8 heteroatoms. The van der Waals surface area contributed by atoms with E-state index in [1.807, 2.05) is 16.2 Å². The number of aromatic nitrogens is 2. The number of likely N-dealkylation sites (tertiary alicyclic amines) is 1.